The number of hydrogen-bond acceptors (Lipinski definition) is 7. The monoisotopic (exact) mass is 338 g/mol. The third-order valence-electron chi connectivity index (χ3n) is 2.69. The van der Waals surface area contributed by atoms with Crippen LogP contribution in [0.15, 0.2) is 28.6 Å². The molecule has 0 unspecified atom stereocenters. The summed E-state index contributed by atoms with van der Waals surface area (Å²) in [5, 5.41) is 12.6. The third-order valence-corrected chi connectivity index (χ3v) is 4.87. The maximum absolute atomic E-state index is 5.70. The second-order valence-corrected chi connectivity index (χ2v) is 6.43. The van der Waals surface area contributed by atoms with Crippen LogP contribution in [-0.4, -0.2) is 29.6 Å². The minimum atomic E-state index is 0.308. The van der Waals surface area contributed by atoms with E-state index in [0.29, 0.717) is 17.7 Å². The average molecular weight is 339 g/mol. The van der Waals surface area contributed by atoms with E-state index in [4.69, 9.17) is 11.6 Å². The topological polar surface area (TPSA) is 69.4 Å². The molecule has 108 valence electrons. The summed E-state index contributed by atoms with van der Waals surface area (Å²) in [7, 11) is 0. The Labute approximate surface area is 134 Å². The van der Waals surface area contributed by atoms with Crippen molar-refractivity contribution in [1.29, 1.82) is 0 Å². The van der Waals surface area contributed by atoms with Crippen LogP contribution >= 0.6 is 34.9 Å². The standard InChI is InChI=1S/C12H11ClN6S2/c1-2-19-16-10(15-18-19)9-5-3-8(4-6-9)7-20-12-14-11(13)17-21-12/h3-6H,2,7H2,1H3. The van der Waals surface area contributed by atoms with E-state index in [2.05, 4.69) is 36.9 Å². The van der Waals surface area contributed by atoms with E-state index in [1.807, 2.05) is 19.1 Å². The van der Waals surface area contributed by atoms with Gasteiger partial charge in [-0.25, -0.2) is 0 Å². The molecule has 0 fully saturated rings. The van der Waals surface area contributed by atoms with Crippen molar-refractivity contribution < 1.29 is 0 Å². The van der Waals surface area contributed by atoms with Crippen molar-refractivity contribution in [2.24, 2.45) is 0 Å². The number of hydrogen-bond donors (Lipinski definition) is 0. The van der Waals surface area contributed by atoms with E-state index < -0.39 is 0 Å². The van der Waals surface area contributed by atoms with Crippen LogP contribution in [0.25, 0.3) is 11.4 Å². The Kier molecular flexibility index (Phi) is 4.47. The number of benzene rings is 1. The number of aromatic nitrogens is 6. The smallest absolute Gasteiger partial charge is 0.198 e. The highest BCUT2D eigenvalue weighted by molar-refractivity contribution is 8.00. The van der Waals surface area contributed by atoms with Gasteiger partial charge in [-0.05, 0) is 40.8 Å². The molecule has 0 aliphatic heterocycles. The van der Waals surface area contributed by atoms with Gasteiger partial charge in [0.1, 0.15) is 0 Å². The molecular formula is C12H11ClN6S2. The lowest BCUT2D eigenvalue weighted by atomic mass is 10.1. The zero-order chi connectivity index (χ0) is 14.7. The predicted octanol–water partition coefficient (Wildman–Crippen LogP) is 3.16. The fourth-order valence-electron chi connectivity index (χ4n) is 1.64. The maximum atomic E-state index is 5.70. The largest absolute Gasteiger partial charge is 0.235 e. The van der Waals surface area contributed by atoms with Crippen LogP contribution in [0, 0.1) is 0 Å². The van der Waals surface area contributed by atoms with Gasteiger partial charge in [-0.2, -0.15) is 14.2 Å². The zero-order valence-electron chi connectivity index (χ0n) is 11.1. The molecule has 1 aromatic carbocycles. The molecule has 0 spiro atoms. The first kappa shape index (κ1) is 14.4. The fourth-order valence-corrected chi connectivity index (χ4v) is 3.38. The Hall–Kier alpha value is -1.51. The first-order valence-electron chi connectivity index (χ1n) is 6.23. The second kappa shape index (κ2) is 6.50. The molecule has 2 heterocycles. The lowest BCUT2D eigenvalue weighted by Gasteiger charge is -2.00. The molecule has 0 atom stereocenters. The highest BCUT2D eigenvalue weighted by atomic mass is 35.5. The fraction of sp³-hybridized carbons (Fsp3) is 0.250. The van der Waals surface area contributed by atoms with Gasteiger partial charge in [0.15, 0.2) is 4.34 Å². The molecule has 2 aromatic heterocycles. The van der Waals surface area contributed by atoms with E-state index in [9.17, 15) is 0 Å². The zero-order valence-corrected chi connectivity index (χ0v) is 13.5. The number of rotatable bonds is 5. The van der Waals surface area contributed by atoms with Crippen molar-refractivity contribution >= 4 is 34.9 Å². The number of tetrazole rings is 1. The molecule has 21 heavy (non-hydrogen) atoms. The van der Waals surface area contributed by atoms with Crippen LogP contribution in [-0.2, 0) is 12.3 Å². The number of halogens is 1. The molecule has 0 N–H and O–H groups in total. The van der Waals surface area contributed by atoms with Crippen LogP contribution in [0.1, 0.15) is 12.5 Å². The molecule has 0 saturated carbocycles. The van der Waals surface area contributed by atoms with Crippen LogP contribution in [0.2, 0.25) is 5.28 Å². The molecule has 0 amide bonds. The predicted molar refractivity (Wildman–Crippen MR) is 83.4 cm³/mol. The van der Waals surface area contributed by atoms with Gasteiger partial charge >= 0.3 is 0 Å². The molecular weight excluding hydrogens is 328 g/mol. The van der Waals surface area contributed by atoms with Crippen LogP contribution in [0.4, 0.5) is 0 Å². The highest BCUT2D eigenvalue weighted by Gasteiger charge is 2.06. The Bertz CT molecular complexity index is 723. The molecule has 9 heteroatoms. The van der Waals surface area contributed by atoms with Crippen molar-refractivity contribution in [2.45, 2.75) is 23.6 Å². The van der Waals surface area contributed by atoms with Gasteiger partial charge in [-0.1, -0.05) is 36.0 Å². The molecule has 0 aliphatic rings. The van der Waals surface area contributed by atoms with Crippen LogP contribution < -0.4 is 0 Å². The molecule has 0 bridgehead atoms. The first-order valence-corrected chi connectivity index (χ1v) is 8.37. The quantitative estimate of drug-likeness (QED) is 0.665. The van der Waals surface area contributed by atoms with Crippen molar-refractivity contribution in [3.05, 3.63) is 35.1 Å². The minimum Gasteiger partial charge on any atom is -0.198 e. The van der Waals surface area contributed by atoms with Crippen molar-refractivity contribution in [3.8, 4) is 11.4 Å². The van der Waals surface area contributed by atoms with Crippen molar-refractivity contribution in [3.63, 3.8) is 0 Å². The third kappa shape index (κ3) is 3.58. The normalized spacial score (nSPS) is 11.0. The summed E-state index contributed by atoms with van der Waals surface area (Å²) in [6.45, 7) is 2.69. The summed E-state index contributed by atoms with van der Waals surface area (Å²) in [5.74, 6) is 1.47. The van der Waals surface area contributed by atoms with Crippen molar-refractivity contribution in [1.82, 2.24) is 29.6 Å². The van der Waals surface area contributed by atoms with E-state index in [-0.39, 0.29) is 0 Å². The summed E-state index contributed by atoms with van der Waals surface area (Å²) in [6.07, 6.45) is 0. The number of aryl methyl sites for hydroxylation is 1. The van der Waals surface area contributed by atoms with E-state index in [1.54, 1.807) is 16.6 Å². The lowest BCUT2D eigenvalue weighted by Crippen LogP contribution is -1.98. The van der Waals surface area contributed by atoms with Gasteiger partial charge in [-0.3, -0.25) is 0 Å². The van der Waals surface area contributed by atoms with Gasteiger partial charge < -0.3 is 0 Å². The summed E-state index contributed by atoms with van der Waals surface area (Å²) < 4.78 is 4.81. The summed E-state index contributed by atoms with van der Waals surface area (Å²) in [4.78, 5) is 5.68. The van der Waals surface area contributed by atoms with Gasteiger partial charge in [0, 0.05) is 11.3 Å². The molecule has 6 nitrogen and oxygen atoms in total. The lowest BCUT2D eigenvalue weighted by molar-refractivity contribution is 0.553. The van der Waals surface area contributed by atoms with Crippen molar-refractivity contribution in [2.75, 3.05) is 0 Å². The Morgan fingerprint density at radius 1 is 1.29 bits per heavy atom. The molecule has 3 rings (SSSR count). The van der Waals surface area contributed by atoms with E-state index in [1.165, 1.54) is 17.1 Å². The van der Waals surface area contributed by atoms with Crippen LogP contribution in [0.3, 0.4) is 0 Å². The maximum Gasteiger partial charge on any atom is 0.235 e. The SMILES string of the molecule is CCn1nnc(-c2ccc(CSc3nc(Cl)ns3)cc2)n1. The van der Waals surface area contributed by atoms with Crippen LogP contribution in [0.5, 0.6) is 0 Å². The second-order valence-electron chi connectivity index (χ2n) is 4.12. The van der Waals surface area contributed by atoms with Gasteiger partial charge in [0.05, 0.1) is 6.54 Å². The summed E-state index contributed by atoms with van der Waals surface area (Å²) >= 11 is 8.63. The minimum absolute atomic E-state index is 0.308. The first-order chi connectivity index (χ1) is 10.2. The Balaban J connectivity index is 1.66. The summed E-state index contributed by atoms with van der Waals surface area (Å²) in [5.41, 5.74) is 2.15. The number of thioether (sulfide) groups is 1. The average Bonchev–Trinajstić information content (AvgIpc) is 3.14. The molecule has 3 aromatic rings. The van der Waals surface area contributed by atoms with Gasteiger partial charge in [-0.15, -0.1) is 10.2 Å². The number of nitrogens with zero attached hydrogens (tertiary/aromatic N) is 6. The van der Waals surface area contributed by atoms with Gasteiger partial charge in [0.25, 0.3) is 0 Å². The highest BCUT2D eigenvalue weighted by Crippen LogP contribution is 2.26. The Morgan fingerprint density at radius 3 is 2.71 bits per heavy atom. The van der Waals surface area contributed by atoms with E-state index in [0.717, 1.165) is 15.7 Å². The van der Waals surface area contributed by atoms with E-state index >= 15 is 0 Å². The molecule has 0 aliphatic carbocycles. The molecule has 0 saturated heterocycles. The van der Waals surface area contributed by atoms with Gasteiger partial charge in [0.2, 0.25) is 11.1 Å². The Morgan fingerprint density at radius 2 is 2.10 bits per heavy atom. The summed E-state index contributed by atoms with van der Waals surface area (Å²) in [6, 6.07) is 8.11. The molecule has 0 radical (unpaired) electrons.